The second-order valence-corrected chi connectivity index (χ2v) is 5.93. The molecular weight excluding hydrogens is 262 g/mol. The van der Waals surface area contributed by atoms with Gasteiger partial charge in [-0.3, -0.25) is 0 Å². The lowest BCUT2D eigenvalue weighted by Crippen LogP contribution is -2.19. The number of hydrogen-bond acceptors (Lipinski definition) is 4. The highest BCUT2D eigenvalue weighted by Crippen LogP contribution is 2.55. The molecule has 0 amide bonds. The number of nitrogens with one attached hydrogen (secondary N) is 1. The van der Waals surface area contributed by atoms with Crippen LogP contribution >= 0.6 is 11.6 Å². The predicted molar refractivity (Wildman–Crippen MR) is 72.1 cm³/mol. The van der Waals surface area contributed by atoms with E-state index >= 15 is 0 Å². The number of piperidine rings is 1. The molecule has 2 fully saturated rings. The number of fused-ring (bicyclic) bond motifs is 1. The summed E-state index contributed by atoms with van der Waals surface area (Å²) in [5.41, 5.74) is 2.05. The van der Waals surface area contributed by atoms with Crippen LogP contribution in [-0.2, 0) is 5.41 Å². The first-order valence-electron chi connectivity index (χ1n) is 6.51. The van der Waals surface area contributed by atoms with Crippen LogP contribution in [0.25, 0.3) is 11.4 Å². The standard InChI is InChI=1S/C14H14ClN3O/c1-8-10(3-2-4-11(8)15)12-17-13(19-18-12)14-5-9(14)6-16-7-14/h2-4,9,16H,5-7H2,1H3/t9-,14-/m0/s1. The van der Waals surface area contributed by atoms with Crippen LogP contribution in [0.5, 0.6) is 0 Å². The molecule has 2 atom stereocenters. The van der Waals surface area contributed by atoms with Crippen molar-refractivity contribution in [3.63, 3.8) is 0 Å². The SMILES string of the molecule is Cc1c(Cl)cccc1-c1noc([C@@]23CNC[C@@H]2C3)n1. The van der Waals surface area contributed by atoms with Gasteiger partial charge in [0.05, 0.1) is 5.41 Å². The van der Waals surface area contributed by atoms with E-state index in [1.165, 1.54) is 0 Å². The molecule has 2 aromatic rings. The maximum atomic E-state index is 6.14. The largest absolute Gasteiger partial charge is 0.338 e. The van der Waals surface area contributed by atoms with E-state index in [1.807, 2.05) is 25.1 Å². The van der Waals surface area contributed by atoms with Crippen LogP contribution in [0.2, 0.25) is 5.02 Å². The molecule has 2 heterocycles. The minimum absolute atomic E-state index is 0.109. The van der Waals surface area contributed by atoms with E-state index in [1.54, 1.807) is 0 Å². The molecule has 0 unspecified atom stereocenters. The van der Waals surface area contributed by atoms with E-state index in [0.29, 0.717) is 11.7 Å². The Balaban J connectivity index is 1.74. The molecule has 5 heteroatoms. The summed E-state index contributed by atoms with van der Waals surface area (Å²) in [5.74, 6) is 2.08. The van der Waals surface area contributed by atoms with Gasteiger partial charge in [-0.05, 0) is 37.4 Å². The van der Waals surface area contributed by atoms with Crippen LogP contribution in [0.4, 0.5) is 0 Å². The third kappa shape index (κ3) is 1.56. The zero-order valence-corrected chi connectivity index (χ0v) is 11.4. The summed E-state index contributed by atoms with van der Waals surface area (Å²) in [6.07, 6.45) is 1.16. The summed E-state index contributed by atoms with van der Waals surface area (Å²) < 4.78 is 5.50. The second kappa shape index (κ2) is 3.81. The molecule has 19 heavy (non-hydrogen) atoms. The van der Waals surface area contributed by atoms with Gasteiger partial charge in [-0.1, -0.05) is 28.9 Å². The summed E-state index contributed by atoms with van der Waals surface area (Å²) in [4.78, 5) is 4.60. The second-order valence-electron chi connectivity index (χ2n) is 5.52. The van der Waals surface area contributed by atoms with Gasteiger partial charge in [0.1, 0.15) is 0 Å². The van der Waals surface area contributed by atoms with Crippen molar-refractivity contribution in [3.05, 3.63) is 34.7 Å². The van der Waals surface area contributed by atoms with Gasteiger partial charge in [-0.25, -0.2) is 0 Å². The van der Waals surface area contributed by atoms with Crippen LogP contribution in [0, 0.1) is 12.8 Å². The van der Waals surface area contributed by atoms with Crippen molar-refractivity contribution >= 4 is 11.6 Å². The Morgan fingerprint density at radius 2 is 2.37 bits per heavy atom. The highest BCUT2D eigenvalue weighted by atomic mass is 35.5. The topological polar surface area (TPSA) is 51.0 Å². The van der Waals surface area contributed by atoms with Gasteiger partial charge in [0, 0.05) is 17.1 Å². The maximum Gasteiger partial charge on any atom is 0.234 e. The Bertz CT molecular complexity index is 654. The van der Waals surface area contributed by atoms with Crippen molar-refractivity contribution < 1.29 is 4.52 Å². The molecule has 1 N–H and O–H groups in total. The summed E-state index contributed by atoms with van der Waals surface area (Å²) >= 11 is 6.14. The fourth-order valence-electron chi connectivity index (χ4n) is 3.06. The lowest BCUT2D eigenvalue weighted by Gasteiger charge is -2.04. The fourth-order valence-corrected chi connectivity index (χ4v) is 3.23. The molecule has 1 aliphatic heterocycles. The molecule has 1 saturated heterocycles. The van der Waals surface area contributed by atoms with E-state index < -0.39 is 0 Å². The fraction of sp³-hybridized carbons (Fsp3) is 0.429. The van der Waals surface area contributed by atoms with Gasteiger partial charge in [-0.15, -0.1) is 0 Å². The molecule has 0 radical (unpaired) electrons. The van der Waals surface area contributed by atoms with Crippen LogP contribution in [-0.4, -0.2) is 23.2 Å². The minimum atomic E-state index is 0.109. The van der Waals surface area contributed by atoms with Gasteiger partial charge in [0.15, 0.2) is 0 Å². The molecule has 1 aromatic heterocycles. The Labute approximate surface area is 116 Å². The molecular formula is C14H14ClN3O. The molecule has 4 nitrogen and oxygen atoms in total. The summed E-state index contributed by atoms with van der Waals surface area (Å²) in [6, 6.07) is 5.76. The summed E-state index contributed by atoms with van der Waals surface area (Å²) in [7, 11) is 0. The van der Waals surface area contributed by atoms with Crippen LogP contribution < -0.4 is 5.32 Å². The Hall–Kier alpha value is -1.39. The Kier molecular flexibility index (Phi) is 2.29. The predicted octanol–water partition coefficient (Wildman–Crippen LogP) is 2.56. The van der Waals surface area contributed by atoms with Crippen molar-refractivity contribution in [2.45, 2.75) is 18.8 Å². The third-order valence-electron chi connectivity index (χ3n) is 4.42. The molecule has 2 aliphatic rings. The van der Waals surface area contributed by atoms with Gasteiger partial charge < -0.3 is 9.84 Å². The molecule has 1 aromatic carbocycles. The summed E-state index contributed by atoms with van der Waals surface area (Å²) in [6.45, 7) is 3.99. The zero-order chi connectivity index (χ0) is 13.0. The van der Waals surface area contributed by atoms with Crippen molar-refractivity contribution in [1.29, 1.82) is 0 Å². The summed E-state index contributed by atoms with van der Waals surface area (Å²) in [5, 5.41) is 8.24. The van der Waals surface area contributed by atoms with E-state index in [4.69, 9.17) is 16.1 Å². The Morgan fingerprint density at radius 3 is 3.11 bits per heavy atom. The Morgan fingerprint density at radius 1 is 1.47 bits per heavy atom. The van der Waals surface area contributed by atoms with Gasteiger partial charge >= 0.3 is 0 Å². The third-order valence-corrected chi connectivity index (χ3v) is 4.83. The first-order valence-corrected chi connectivity index (χ1v) is 6.89. The number of rotatable bonds is 2. The number of benzene rings is 1. The number of halogens is 1. The van der Waals surface area contributed by atoms with Crippen molar-refractivity contribution in [3.8, 4) is 11.4 Å². The molecule has 0 bridgehead atoms. The molecule has 0 spiro atoms. The number of aromatic nitrogens is 2. The normalized spacial score (nSPS) is 28.4. The van der Waals surface area contributed by atoms with Gasteiger partial charge in [0.25, 0.3) is 0 Å². The van der Waals surface area contributed by atoms with Gasteiger partial charge in [-0.2, -0.15) is 4.98 Å². The van der Waals surface area contributed by atoms with Crippen molar-refractivity contribution in [1.82, 2.24) is 15.5 Å². The monoisotopic (exact) mass is 275 g/mol. The van der Waals surface area contributed by atoms with Crippen LogP contribution in [0.15, 0.2) is 22.7 Å². The van der Waals surface area contributed by atoms with Crippen molar-refractivity contribution in [2.24, 2.45) is 5.92 Å². The number of nitrogens with zero attached hydrogens (tertiary/aromatic N) is 2. The first kappa shape index (κ1) is 11.4. The number of hydrogen-bond donors (Lipinski definition) is 1. The van der Waals surface area contributed by atoms with Gasteiger partial charge in [0.2, 0.25) is 11.7 Å². The highest BCUT2D eigenvalue weighted by molar-refractivity contribution is 6.31. The molecule has 1 saturated carbocycles. The van der Waals surface area contributed by atoms with Crippen LogP contribution in [0.1, 0.15) is 17.9 Å². The van der Waals surface area contributed by atoms with E-state index in [-0.39, 0.29) is 5.41 Å². The molecule has 1 aliphatic carbocycles. The lowest BCUT2D eigenvalue weighted by molar-refractivity contribution is 0.346. The average molecular weight is 276 g/mol. The maximum absolute atomic E-state index is 6.14. The molecule has 98 valence electrons. The first-order chi connectivity index (χ1) is 9.21. The van der Waals surface area contributed by atoms with E-state index in [9.17, 15) is 0 Å². The van der Waals surface area contributed by atoms with Crippen molar-refractivity contribution in [2.75, 3.05) is 13.1 Å². The van der Waals surface area contributed by atoms with E-state index in [0.717, 1.165) is 41.6 Å². The smallest absolute Gasteiger partial charge is 0.234 e. The zero-order valence-electron chi connectivity index (χ0n) is 10.6. The lowest BCUT2D eigenvalue weighted by atomic mass is 10.1. The molecule has 4 rings (SSSR count). The van der Waals surface area contributed by atoms with E-state index in [2.05, 4.69) is 15.5 Å². The minimum Gasteiger partial charge on any atom is -0.338 e. The quantitative estimate of drug-likeness (QED) is 0.915. The highest BCUT2D eigenvalue weighted by Gasteiger charge is 2.62. The van der Waals surface area contributed by atoms with Crippen LogP contribution in [0.3, 0.4) is 0 Å². The average Bonchev–Trinajstić information content (AvgIpc) is 2.82.